The van der Waals surface area contributed by atoms with Crippen molar-refractivity contribution in [3.8, 4) is 0 Å². The van der Waals surface area contributed by atoms with Crippen LogP contribution >= 0.6 is 0 Å². The van der Waals surface area contributed by atoms with Gasteiger partial charge in [0.05, 0.1) is 11.5 Å². The minimum absolute atomic E-state index is 0.0635. The summed E-state index contributed by atoms with van der Waals surface area (Å²) in [5.74, 6) is 3.55. The van der Waals surface area contributed by atoms with Crippen LogP contribution in [0, 0.1) is 57.2 Å². The maximum absolute atomic E-state index is 13.6. The molecule has 0 amide bonds. The summed E-state index contributed by atoms with van der Waals surface area (Å²) < 4.78 is 6.76. The lowest BCUT2D eigenvalue weighted by atomic mass is 9.32. The van der Waals surface area contributed by atoms with Gasteiger partial charge in [0.2, 0.25) is 0 Å². The van der Waals surface area contributed by atoms with Crippen molar-refractivity contribution in [1.82, 2.24) is 0 Å². The first-order valence-corrected chi connectivity index (χ1v) is 13.9. The van der Waals surface area contributed by atoms with Crippen LogP contribution in [0.5, 0.6) is 0 Å². The number of aliphatic hydroxyl groups is 1. The molecule has 6 fully saturated rings. The maximum Gasteiger partial charge on any atom is 0.313 e. The first kappa shape index (κ1) is 21.9. The molecular formula is C29H46O3. The maximum atomic E-state index is 13.6. The Kier molecular flexibility index (Phi) is 4.35. The Labute approximate surface area is 195 Å². The molecule has 180 valence electrons. The molecule has 0 aromatic rings. The fraction of sp³-hybridized carbons (Fsp3) is 0.966. The number of carbonyl (C=O) groups excluding carboxylic acids is 1. The topological polar surface area (TPSA) is 46.5 Å². The summed E-state index contributed by atoms with van der Waals surface area (Å²) >= 11 is 0. The number of aliphatic hydroxyl groups excluding tert-OH is 1. The molecule has 3 nitrogen and oxygen atoms in total. The average molecular weight is 443 g/mol. The van der Waals surface area contributed by atoms with Crippen molar-refractivity contribution < 1.29 is 14.6 Å². The normalized spacial score (nSPS) is 60.9. The monoisotopic (exact) mass is 442 g/mol. The zero-order valence-electron chi connectivity index (χ0n) is 21.4. The first-order valence-electron chi connectivity index (χ1n) is 13.9. The van der Waals surface area contributed by atoms with Crippen LogP contribution in [-0.4, -0.2) is 22.8 Å². The highest BCUT2D eigenvalue weighted by Gasteiger charge is 2.82. The van der Waals surface area contributed by atoms with Crippen molar-refractivity contribution in [3.05, 3.63) is 0 Å². The van der Waals surface area contributed by atoms with E-state index in [-0.39, 0.29) is 33.9 Å². The molecule has 5 aliphatic carbocycles. The zero-order valence-corrected chi connectivity index (χ0v) is 21.4. The number of rotatable bonds is 1. The predicted molar refractivity (Wildman–Crippen MR) is 126 cm³/mol. The molecule has 2 bridgehead atoms. The van der Waals surface area contributed by atoms with Gasteiger partial charge >= 0.3 is 5.97 Å². The van der Waals surface area contributed by atoms with Crippen LogP contribution in [0.3, 0.4) is 0 Å². The highest BCUT2D eigenvalue weighted by atomic mass is 16.6. The number of hydrogen-bond donors (Lipinski definition) is 1. The second-order valence-corrected chi connectivity index (χ2v) is 14.3. The van der Waals surface area contributed by atoms with E-state index in [9.17, 15) is 9.90 Å². The van der Waals surface area contributed by atoms with E-state index < -0.39 is 0 Å². The van der Waals surface area contributed by atoms with Crippen LogP contribution in [-0.2, 0) is 9.53 Å². The van der Waals surface area contributed by atoms with E-state index in [0.717, 1.165) is 38.5 Å². The Hall–Kier alpha value is -0.570. The fourth-order valence-corrected chi connectivity index (χ4v) is 11.8. The minimum Gasteiger partial charge on any atom is -0.458 e. The molecule has 0 aromatic heterocycles. The number of carbonyl (C=O) groups is 1. The summed E-state index contributed by atoms with van der Waals surface area (Å²) in [6.07, 6.45) is 11.2. The summed E-state index contributed by atoms with van der Waals surface area (Å²) in [7, 11) is 0. The van der Waals surface area contributed by atoms with E-state index in [2.05, 4.69) is 41.5 Å². The SMILES string of the molecule is CC(C)[C@@H]1CC[C@@]23CC[C@]4(C)[C@@](CC[C@@H]5[C@@]6(C)CC[C@@H](O)[C@@H](C)[C@H]6CC[C@]54C)(OC2=O)[C@@H]13. The number of hydrogen-bond acceptors (Lipinski definition) is 3. The smallest absolute Gasteiger partial charge is 0.313 e. The Morgan fingerprint density at radius 1 is 0.938 bits per heavy atom. The van der Waals surface area contributed by atoms with E-state index in [0.29, 0.717) is 40.9 Å². The molecule has 6 rings (SSSR count). The lowest BCUT2D eigenvalue weighted by Gasteiger charge is -2.72. The van der Waals surface area contributed by atoms with Crippen LogP contribution in [0.4, 0.5) is 0 Å². The predicted octanol–water partition coefficient (Wildman–Crippen LogP) is 6.37. The Balaban J connectivity index is 1.46. The van der Waals surface area contributed by atoms with Gasteiger partial charge in [0.15, 0.2) is 0 Å². The van der Waals surface area contributed by atoms with E-state index in [1.54, 1.807) is 0 Å². The summed E-state index contributed by atoms with van der Waals surface area (Å²) in [5, 5.41) is 10.7. The molecule has 32 heavy (non-hydrogen) atoms. The summed E-state index contributed by atoms with van der Waals surface area (Å²) in [6, 6.07) is 0. The van der Waals surface area contributed by atoms with E-state index in [1.165, 1.54) is 25.7 Å². The van der Waals surface area contributed by atoms with Crippen LogP contribution in [0.25, 0.3) is 0 Å². The Bertz CT molecular complexity index is 836. The van der Waals surface area contributed by atoms with Gasteiger partial charge in [-0.15, -0.1) is 0 Å². The Morgan fingerprint density at radius 3 is 2.41 bits per heavy atom. The lowest BCUT2D eigenvalue weighted by Crippen LogP contribution is -2.71. The molecule has 5 saturated carbocycles. The molecule has 6 aliphatic rings. The van der Waals surface area contributed by atoms with Gasteiger partial charge in [-0.05, 0) is 105 Å². The Morgan fingerprint density at radius 2 is 1.69 bits per heavy atom. The van der Waals surface area contributed by atoms with Crippen LogP contribution in [0.15, 0.2) is 0 Å². The van der Waals surface area contributed by atoms with Gasteiger partial charge in [0.1, 0.15) is 5.60 Å². The van der Waals surface area contributed by atoms with E-state index in [4.69, 9.17) is 4.74 Å². The van der Waals surface area contributed by atoms with Crippen molar-refractivity contribution in [2.45, 2.75) is 117 Å². The molecule has 3 heteroatoms. The van der Waals surface area contributed by atoms with Gasteiger partial charge < -0.3 is 9.84 Å². The molecule has 0 radical (unpaired) electrons. The van der Waals surface area contributed by atoms with Crippen LogP contribution < -0.4 is 0 Å². The van der Waals surface area contributed by atoms with Gasteiger partial charge in [-0.1, -0.05) is 41.5 Å². The van der Waals surface area contributed by atoms with Gasteiger partial charge in [0, 0.05) is 11.3 Å². The molecule has 1 heterocycles. The molecule has 1 N–H and O–H groups in total. The van der Waals surface area contributed by atoms with Crippen LogP contribution in [0.1, 0.15) is 106 Å². The van der Waals surface area contributed by atoms with Crippen molar-refractivity contribution in [1.29, 1.82) is 0 Å². The summed E-state index contributed by atoms with van der Waals surface area (Å²) in [5.41, 5.74) is 0.151. The quantitative estimate of drug-likeness (QED) is 0.480. The third-order valence-electron chi connectivity index (χ3n) is 13.7. The van der Waals surface area contributed by atoms with Gasteiger partial charge in [0.25, 0.3) is 0 Å². The van der Waals surface area contributed by atoms with E-state index in [1.807, 2.05) is 0 Å². The highest BCUT2D eigenvalue weighted by molar-refractivity contribution is 5.82. The average Bonchev–Trinajstić information content (AvgIpc) is 3.21. The number of fused-ring (bicyclic) bond motifs is 4. The fourth-order valence-electron chi connectivity index (χ4n) is 11.8. The molecule has 1 saturated heterocycles. The summed E-state index contributed by atoms with van der Waals surface area (Å²) in [4.78, 5) is 13.6. The van der Waals surface area contributed by atoms with Gasteiger partial charge in [-0.3, -0.25) is 4.79 Å². The number of esters is 1. The molecule has 1 spiro atoms. The van der Waals surface area contributed by atoms with Gasteiger partial charge in [-0.2, -0.15) is 0 Å². The summed E-state index contributed by atoms with van der Waals surface area (Å²) in [6.45, 7) is 14.8. The third kappa shape index (κ3) is 2.14. The molecule has 1 aliphatic heterocycles. The second-order valence-electron chi connectivity index (χ2n) is 14.3. The second kappa shape index (κ2) is 6.35. The van der Waals surface area contributed by atoms with Crippen LogP contribution in [0.2, 0.25) is 0 Å². The van der Waals surface area contributed by atoms with Crippen molar-refractivity contribution in [3.63, 3.8) is 0 Å². The number of ether oxygens (including phenoxy) is 1. The molecular weight excluding hydrogens is 396 g/mol. The largest absolute Gasteiger partial charge is 0.458 e. The third-order valence-corrected chi connectivity index (χ3v) is 13.7. The van der Waals surface area contributed by atoms with Crippen molar-refractivity contribution in [2.24, 2.45) is 57.2 Å². The van der Waals surface area contributed by atoms with Gasteiger partial charge in [-0.25, -0.2) is 0 Å². The van der Waals surface area contributed by atoms with Crippen molar-refractivity contribution >= 4 is 5.97 Å². The van der Waals surface area contributed by atoms with Crippen molar-refractivity contribution in [2.75, 3.05) is 0 Å². The molecule has 0 aromatic carbocycles. The lowest BCUT2D eigenvalue weighted by molar-refractivity contribution is -0.277. The zero-order chi connectivity index (χ0) is 22.9. The molecule has 11 atom stereocenters. The highest BCUT2D eigenvalue weighted by Crippen LogP contribution is 2.81. The minimum atomic E-state index is -0.248. The standard InChI is InChI=1S/C29H46O3/c1-17(2)19-7-13-28-16-15-27(6)26(5)12-8-20-18(3)21(30)9-11-25(20,4)22(26)10-14-29(27,23(19)28)32-24(28)31/h17-23,30H,7-16H2,1-6H3/t18-,19-,20+,21+,22+,23-,25-,26+,27-,28-,29-/m0/s1. The molecule has 0 unspecified atom stereocenters. The van der Waals surface area contributed by atoms with E-state index >= 15 is 0 Å². The first-order chi connectivity index (χ1) is 15.0.